The van der Waals surface area contributed by atoms with Crippen LogP contribution in [0.5, 0.6) is 0 Å². The molecule has 0 radical (unpaired) electrons. The molecule has 26 heavy (non-hydrogen) atoms. The summed E-state index contributed by atoms with van der Waals surface area (Å²) < 4.78 is 1.48. The first kappa shape index (κ1) is 15.6. The number of benzene rings is 1. The molecular formula is C16H13N9O. The lowest BCUT2D eigenvalue weighted by molar-refractivity contribution is 0.0936. The molecule has 1 atom stereocenters. The number of hydrogen-bond donors (Lipinski definition) is 2. The van der Waals surface area contributed by atoms with E-state index in [0.29, 0.717) is 11.6 Å². The molecule has 10 heteroatoms. The van der Waals surface area contributed by atoms with Gasteiger partial charge in [0.25, 0.3) is 5.91 Å². The highest BCUT2D eigenvalue weighted by Crippen LogP contribution is 2.18. The molecule has 0 fully saturated rings. The van der Waals surface area contributed by atoms with Crippen LogP contribution < -0.4 is 5.32 Å². The van der Waals surface area contributed by atoms with Gasteiger partial charge in [-0.05, 0) is 17.7 Å². The number of carbonyl (C=O) groups is 1. The van der Waals surface area contributed by atoms with Gasteiger partial charge < -0.3 is 5.32 Å². The van der Waals surface area contributed by atoms with Crippen molar-refractivity contribution in [1.29, 1.82) is 0 Å². The third-order valence-corrected chi connectivity index (χ3v) is 3.65. The van der Waals surface area contributed by atoms with Gasteiger partial charge in [0.15, 0.2) is 5.82 Å². The first-order chi connectivity index (χ1) is 12.8. The normalized spacial score (nSPS) is 11.8. The van der Waals surface area contributed by atoms with Gasteiger partial charge >= 0.3 is 0 Å². The number of aromatic nitrogens is 8. The molecule has 1 amide bonds. The van der Waals surface area contributed by atoms with Crippen LogP contribution in [0.25, 0.3) is 5.82 Å². The third kappa shape index (κ3) is 3.15. The fourth-order valence-corrected chi connectivity index (χ4v) is 2.44. The van der Waals surface area contributed by atoms with E-state index in [2.05, 4.69) is 41.0 Å². The minimum Gasteiger partial charge on any atom is -0.336 e. The Balaban J connectivity index is 1.62. The lowest BCUT2D eigenvalue weighted by atomic mass is 10.1. The van der Waals surface area contributed by atoms with Crippen LogP contribution in [0.3, 0.4) is 0 Å². The summed E-state index contributed by atoms with van der Waals surface area (Å²) in [5, 5.41) is 20.9. The zero-order chi connectivity index (χ0) is 17.8. The Morgan fingerprint density at radius 3 is 2.73 bits per heavy atom. The molecule has 0 saturated carbocycles. The Bertz CT molecular complexity index is 984. The summed E-state index contributed by atoms with van der Waals surface area (Å²) >= 11 is 0. The Hall–Kier alpha value is -3.95. The van der Waals surface area contributed by atoms with Crippen LogP contribution in [0.15, 0.2) is 61.2 Å². The number of pyridine rings is 1. The van der Waals surface area contributed by atoms with Crippen LogP contribution in [0.1, 0.15) is 27.9 Å². The molecule has 0 aliphatic carbocycles. The molecule has 0 aliphatic heterocycles. The van der Waals surface area contributed by atoms with Gasteiger partial charge in [-0.3, -0.25) is 4.79 Å². The first-order valence-corrected chi connectivity index (χ1v) is 7.72. The Labute approximate surface area is 147 Å². The Morgan fingerprint density at radius 1 is 1.12 bits per heavy atom. The highest BCUT2D eigenvalue weighted by Gasteiger charge is 2.22. The number of aromatic amines is 1. The second-order valence-electron chi connectivity index (χ2n) is 5.31. The van der Waals surface area contributed by atoms with Gasteiger partial charge in [0.05, 0.1) is 0 Å². The second kappa shape index (κ2) is 6.89. The lowest BCUT2D eigenvalue weighted by Crippen LogP contribution is -2.31. The highest BCUT2D eigenvalue weighted by atomic mass is 16.2. The molecule has 2 N–H and O–H groups in total. The van der Waals surface area contributed by atoms with Gasteiger partial charge in [0.1, 0.15) is 24.4 Å². The molecule has 10 nitrogen and oxygen atoms in total. The minimum atomic E-state index is -0.556. The van der Waals surface area contributed by atoms with Crippen molar-refractivity contribution >= 4 is 5.91 Å². The fourth-order valence-electron chi connectivity index (χ4n) is 2.44. The van der Waals surface area contributed by atoms with E-state index in [1.165, 1.54) is 17.3 Å². The van der Waals surface area contributed by atoms with E-state index < -0.39 is 6.04 Å². The molecule has 1 unspecified atom stereocenters. The molecule has 0 spiro atoms. The van der Waals surface area contributed by atoms with E-state index in [-0.39, 0.29) is 11.6 Å². The van der Waals surface area contributed by atoms with Crippen LogP contribution in [-0.4, -0.2) is 46.3 Å². The van der Waals surface area contributed by atoms with Gasteiger partial charge in [-0.2, -0.15) is 10.3 Å². The third-order valence-electron chi connectivity index (χ3n) is 3.65. The van der Waals surface area contributed by atoms with Gasteiger partial charge in [0.2, 0.25) is 5.82 Å². The molecule has 3 heterocycles. The predicted octanol–water partition coefficient (Wildman–Crippen LogP) is 0.695. The summed E-state index contributed by atoms with van der Waals surface area (Å²) in [7, 11) is 0. The molecule has 0 aliphatic rings. The van der Waals surface area contributed by atoms with Gasteiger partial charge in [-0.15, -0.1) is 10.2 Å². The molecule has 0 saturated heterocycles. The Kier molecular flexibility index (Phi) is 4.13. The number of amides is 1. The van der Waals surface area contributed by atoms with Crippen LogP contribution in [-0.2, 0) is 0 Å². The molecule has 128 valence electrons. The van der Waals surface area contributed by atoms with Crippen molar-refractivity contribution in [3.63, 3.8) is 0 Å². The minimum absolute atomic E-state index is 0.238. The largest absolute Gasteiger partial charge is 0.336 e. The summed E-state index contributed by atoms with van der Waals surface area (Å²) in [4.78, 5) is 20.9. The average molecular weight is 347 g/mol. The monoisotopic (exact) mass is 347 g/mol. The van der Waals surface area contributed by atoms with Crippen molar-refractivity contribution < 1.29 is 4.79 Å². The topological polar surface area (TPSA) is 127 Å². The van der Waals surface area contributed by atoms with Gasteiger partial charge in [-0.25, -0.2) is 14.6 Å². The van der Waals surface area contributed by atoms with Crippen molar-refractivity contribution in [3.8, 4) is 5.82 Å². The van der Waals surface area contributed by atoms with E-state index in [1.54, 1.807) is 18.2 Å². The average Bonchev–Trinajstić information content (AvgIpc) is 3.40. The quantitative estimate of drug-likeness (QED) is 0.544. The molecule has 4 aromatic rings. The standard InChI is InChI=1S/C16H13N9O/c26-16(12-7-4-8-13(19-12)25-10-17-9-18-25)20-14(15-21-23-24-22-15)11-5-2-1-3-6-11/h1-10,14H,(H,20,26)(H,21,22,23,24). The van der Waals surface area contributed by atoms with Crippen molar-refractivity contribution in [3.05, 3.63) is 78.3 Å². The maximum atomic E-state index is 12.7. The number of tetrazole rings is 1. The molecule has 3 aromatic heterocycles. The van der Waals surface area contributed by atoms with Crippen LogP contribution in [0.4, 0.5) is 0 Å². The molecule has 0 bridgehead atoms. The molecular weight excluding hydrogens is 334 g/mol. The van der Waals surface area contributed by atoms with E-state index in [4.69, 9.17) is 0 Å². The van der Waals surface area contributed by atoms with Gasteiger partial charge in [0, 0.05) is 0 Å². The maximum Gasteiger partial charge on any atom is 0.270 e. The smallest absolute Gasteiger partial charge is 0.270 e. The number of H-pyrrole nitrogens is 1. The van der Waals surface area contributed by atoms with Crippen molar-refractivity contribution in [2.45, 2.75) is 6.04 Å². The highest BCUT2D eigenvalue weighted by molar-refractivity contribution is 5.92. The predicted molar refractivity (Wildman–Crippen MR) is 89.1 cm³/mol. The lowest BCUT2D eigenvalue weighted by Gasteiger charge is -2.15. The van der Waals surface area contributed by atoms with Crippen molar-refractivity contribution in [1.82, 2.24) is 45.7 Å². The summed E-state index contributed by atoms with van der Waals surface area (Å²) in [6.45, 7) is 0. The molecule has 1 aromatic carbocycles. The zero-order valence-corrected chi connectivity index (χ0v) is 13.4. The number of nitrogens with zero attached hydrogens (tertiary/aromatic N) is 7. The van der Waals surface area contributed by atoms with E-state index in [0.717, 1.165) is 5.56 Å². The van der Waals surface area contributed by atoms with E-state index >= 15 is 0 Å². The first-order valence-electron chi connectivity index (χ1n) is 7.72. The number of nitrogens with one attached hydrogen (secondary N) is 2. The second-order valence-corrected chi connectivity index (χ2v) is 5.31. The van der Waals surface area contributed by atoms with Gasteiger partial charge in [-0.1, -0.05) is 41.6 Å². The number of rotatable bonds is 5. The SMILES string of the molecule is O=C(NC(c1ccccc1)c1nn[nH]n1)c1cccc(-n2cncn2)n1. The Morgan fingerprint density at radius 2 is 2.00 bits per heavy atom. The zero-order valence-electron chi connectivity index (χ0n) is 13.4. The summed E-state index contributed by atoms with van der Waals surface area (Å²) in [5.41, 5.74) is 1.07. The maximum absolute atomic E-state index is 12.7. The van der Waals surface area contributed by atoms with Crippen LogP contribution in [0.2, 0.25) is 0 Å². The summed E-state index contributed by atoms with van der Waals surface area (Å²) in [6, 6.07) is 13.9. The summed E-state index contributed by atoms with van der Waals surface area (Å²) in [5.74, 6) is 0.480. The van der Waals surface area contributed by atoms with Crippen LogP contribution >= 0.6 is 0 Å². The van der Waals surface area contributed by atoms with Crippen molar-refractivity contribution in [2.75, 3.05) is 0 Å². The fraction of sp³-hybridized carbons (Fsp3) is 0.0625. The van der Waals surface area contributed by atoms with Crippen LogP contribution in [0, 0.1) is 0 Å². The van der Waals surface area contributed by atoms with E-state index in [9.17, 15) is 4.79 Å². The number of carbonyl (C=O) groups excluding carboxylic acids is 1. The number of hydrogen-bond acceptors (Lipinski definition) is 7. The molecule has 4 rings (SSSR count). The summed E-state index contributed by atoms with van der Waals surface area (Å²) in [6.07, 6.45) is 2.91. The van der Waals surface area contributed by atoms with E-state index in [1.807, 2.05) is 30.3 Å². The van der Waals surface area contributed by atoms with Crippen molar-refractivity contribution in [2.24, 2.45) is 0 Å².